The zero-order valence-corrected chi connectivity index (χ0v) is 12.0. The van der Waals surface area contributed by atoms with E-state index < -0.39 is 0 Å². The van der Waals surface area contributed by atoms with Crippen LogP contribution < -0.4 is 5.32 Å². The zero-order chi connectivity index (χ0) is 13.1. The van der Waals surface area contributed by atoms with E-state index in [4.69, 9.17) is 39.2 Å². The summed E-state index contributed by atoms with van der Waals surface area (Å²) in [6.45, 7) is 2.72. The second-order valence-corrected chi connectivity index (χ2v) is 5.16. The van der Waals surface area contributed by atoms with Crippen LogP contribution in [0.1, 0.15) is 24.1 Å². The molecule has 1 unspecified atom stereocenters. The quantitative estimate of drug-likeness (QED) is 0.796. The van der Waals surface area contributed by atoms with Crippen LogP contribution in [0.25, 0.3) is 0 Å². The van der Waals surface area contributed by atoms with Crippen molar-refractivity contribution in [2.45, 2.75) is 19.5 Å². The van der Waals surface area contributed by atoms with Crippen molar-refractivity contribution in [1.29, 1.82) is 0 Å². The zero-order valence-electron chi connectivity index (χ0n) is 9.71. The minimum atomic E-state index is 0.0715. The monoisotopic (exact) mass is 303 g/mol. The summed E-state index contributed by atoms with van der Waals surface area (Å²) in [5.41, 5.74) is 2.01. The number of halogens is 3. The molecule has 0 saturated carbocycles. The van der Waals surface area contributed by atoms with Gasteiger partial charge in [-0.3, -0.25) is 0 Å². The van der Waals surface area contributed by atoms with Crippen molar-refractivity contribution in [3.8, 4) is 0 Å². The molecule has 0 aliphatic rings. The topological polar surface area (TPSA) is 25.2 Å². The van der Waals surface area contributed by atoms with Gasteiger partial charge in [-0.25, -0.2) is 0 Å². The normalized spacial score (nSPS) is 12.7. The number of furan rings is 1. The number of nitrogens with one attached hydrogen (secondary N) is 1. The van der Waals surface area contributed by atoms with Gasteiger partial charge >= 0.3 is 0 Å². The minimum absolute atomic E-state index is 0.0715. The second-order valence-electron chi connectivity index (χ2n) is 4.00. The Kier molecular flexibility index (Phi) is 4.57. The van der Waals surface area contributed by atoms with Crippen LogP contribution in [0, 0.1) is 0 Å². The fraction of sp³-hybridized carbons (Fsp3) is 0.231. The third-order valence-corrected chi connectivity index (χ3v) is 4.03. The van der Waals surface area contributed by atoms with Crippen LogP contribution in [0.15, 0.2) is 35.1 Å². The van der Waals surface area contributed by atoms with Gasteiger partial charge in [0.05, 0.1) is 27.6 Å². The molecule has 1 aromatic heterocycles. The molecule has 0 saturated heterocycles. The number of hydrogen-bond acceptors (Lipinski definition) is 2. The SMILES string of the molecule is CC(NCc1ccoc1)c1ccc(Cl)c(Cl)c1Cl. The van der Waals surface area contributed by atoms with Gasteiger partial charge in [0.1, 0.15) is 0 Å². The molecule has 0 radical (unpaired) electrons. The van der Waals surface area contributed by atoms with Crippen molar-refractivity contribution in [2.24, 2.45) is 0 Å². The van der Waals surface area contributed by atoms with Crippen LogP contribution >= 0.6 is 34.8 Å². The lowest BCUT2D eigenvalue weighted by atomic mass is 10.1. The summed E-state index contributed by atoms with van der Waals surface area (Å²) in [6.07, 6.45) is 3.35. The highest BCUT2D eigenvalue weighted by Gasteiger charge is 2.14. The van der Waals surface area contributed by atoms with E-state index in [0.717, 1.165) is 11.1 Å². The van der Waals surface area contributed by atoms with Crippen molar-refractivity contribution in [3.63, 3.8) is 0 Å². The van der Waals surface area contributed by atoms with Gasteiger partial charge in [0.25, 0.3) is 0 Å². The Hall–Kier alpha value is -0.670. The first kappa shape index (κ1) is 13.8. The van der Waals surface area contributed by atoms with Crippen LogP contribution in [0.5, 0.6) is 0 Å². The maximum atomic E-state index is 6.18. The third-order valence-electron chi connectivity index (χ3n) is 2.72. The van der Waals surface area contributed by atoms with Crippen molar-refractivity contribution in [2.75, 3.05) is 0 Å². The fourth-order valence-corrected chi connectivity index (χ4v) is 2.36. The molecule has 2 rings (SSSR count). The van der Waals surface area contributed by atoms with E-state index in [9.17, 15) is 0 Å². The molecule has 1 N–H and O–H groups in total. The number of rotatable bonds is 4. The maximum absolute atomic E-state index is 6.18. The Morgan fingerprint density at radius 3 is 2.61 bits per heavy atom. The lowest BCUT2D eigenvalue weighted by Crippen LogP contribution is -2.18. The summed E-state index contributed by atoms with van der Waals surface area (Å²) in [5, 5.41) is 4.70. The smallest absolute Gasteiger partial charge is 0.0947 e. The number of benzene rings is 1. The highest BCUT2D eigenvalue weighted by atomic mass is 35.5. The van der Waals surface area contributed by atoms with E-state index in [-0.39, 0.29) is 6.04 Å². The van der Waals surface area contributed by atoms with Gasteiger partial charge in [0.2, 0.25) is 0 Å². The summed E-state index contributed by atoms with van der Waals surface area (Å²) in [6, 6.07) is 5.61. The van der Waals surface area contributed by atoms with Crippen molar-refractivity contribution in [3.05, 3.63) is 56.9 Å². The third kappa shape index (κ3) is 3.01. The van der Waals surface area contributed by atoms with Crippen LogP contribution in [-0.4, -0.2) is 0 Å². The average Bonchev–Trinajstić information content (AvgIpc) is 2.86. The van der Waals surface area contributed by atoms with Gasteiger partial charge in [-0.15, -0.1) is 0 Å². The molecule has 0 bridgehead atoms. The van der Waals surface area contributed by atoms with Crippen LogP contribution in [-0.2, 0) is 6.54 Å². The summed E-state index contributed by atoms with van der Waals surface area (Å²) in [4.78, 5) is 0. The molecular weight excluding hydrogens is 293 g/mol. The average molecular weight is 305 g/mol. The molecule has 0 aliphatic heterocycles. The molecule has 18 heavy (non-hydrogen) atoms. The number of hydrogen-bond donors (Lipinski definition) is 1. The van der Waals surface area contributed by atoms with Gasteiger partial charge in [0.15, 0.2) is 0 Å². The highest BCUT2D eigenvalue weighted by Crippen LogP contribution is 2.35. The Bertz CT molecular complexity index is 525. The van der Waals surface area contributed by atoms with Gasteiger partial charge in [-0.05, 0) is 24.6 Å². The molecule has 1 atom stereocenters. The lowest BCUT2D eigenvalue weighted by molar-refractivity contribution is 0.547. The van der Waals surface area contributed by atoms with E-state index in [1.54, 1.807) is 18.6 Å². The van der Waals surface area contributed by atoms with Gasteiger partial charge in [-0.2, -0.15) is 0 Å². The Morgan fingerprint density at radius 1 is 1.17 bits per heavy atom. The van der Waals surface area contributed by atoms with E-state index in [1.807, 2.05) is 19.1 Å². The van der Waals surface area contributed by atoms with Gasteiger partial charge < -0.3 is 9.73 Å². The first-order valence-electron chi connectivity index (χ1n) is 5.47. The molecule has 0 amide bonds. The van der Waals surface area contributed by atoms with Crippen LogP contribution in [0.3, 0.4) is 0 Å². The van der Waals surface area contributed by atoms with Crippen molar-refractivity contribution < 1.29 is 4.42 Å². The minimum Gasteiger partial charge on any atom is -0.472 e. The predicted molar refractivity (Wildman–Crippen MR) is 75.4 cm³/mol. The predicted octanol–water partition coefficient (Wildman–Crippen LogP) is 5.09. The van der Waals surface area contributed by atoms with Crippen molar-refractivity contribution >= 4 is 34.8 Å². The standard InChI is InChI=1S/C13H12Cl3NO/c1-8(17-6-9-4-5-18-7-9)10-2-3-11(14)13(16)12(10)15/h2-5,7-8,17H,6H2,1H3. The molecule has 2 nitrogen and oxygen atoms in total. The van der Waals surface area contributed by atoms with Crippen molar-refractivity contribution in [1.82, 2.24) is 5.32 Å². The fourth-order valence-electron chi connectivity index (χ4n) is 1.65. The molecule has 2 aromatic rings. The largest absolute Gasteiger partial charge is 0.472 e. The first-order valence-corrected chi connectivity index (χ1v) is 6.61. The lowest BCUT2D eigenvalue weighted by Gasteiger charge is -2.16. The maximum Gasteiger partial charge on any atom is 0.0947 e. The molecule has 0 spiro atoms. The summed E-state index contributed by atoms with van der Waals surface area (Å²) in [7, 11) is 0. The van der Waals surface area contributed by atoms with E-state index in [2.05, 4.69) is 5.32 Å². The summed E-state index contributed by atoms with van der Waals surface area (Å²) in [5.74, 6) is 0. The van der Waals surface area contributed by atoms with Gasteiger partial charge in [-0.1, -0.05) is 40.9 Å². The van der Waals surface area contributed by atoms with E-state index in [1.165, 1.54) is 0 Å². The summed E-state index contributed by atoms with van der Waals surface area (Å²) < 4.78 is 5.01. The van der Waals surface area contributed by atoms with Crippen LogP contribution in [0.4, 0.5) is 0 Å². The Balaban J connectivity index is 2.09. The molecule has 0 aliphatic carbocycles. The van der Waals surface area contributed by atoms with E-state index in [0.29, 0.717) is 21.6 Å². The van der Waals surface area contributed by atoms with Crippen LogP contribution in [0.2, 0.25) is 15.1 Å². The molecule has 1 aromatic carbocycles. The second kappa shape index (κ2) is 5.98. The highest BCUT2D eigenvalue weighted by molar-refractivity contribution is 6.48. The molecule has 96 valence electrons. The van der Waals surface area contributed by atoms with E-state index >= 15 is 0 Å². The summed E-state index contributed by atoms with van der Waals surface area (Å²) >= 11 is 18.1. The molecule has 0 fully saturated rings. The first-order chi connectivity index (χ1) is 8.59. The molecular formula is C13H12Cl3NO. The molecule has 1 heterocycles. The van der Waals surface area contributed by atoms with Gasteiger partial charge in [0, 0.05) is 18.2 Å². The Labute approximate surface area is 121 Å². The Morgan fingerprint density at radius 2 is 1.94 bits per heavy atom. The molecule has 5 heteroatoms.